The third kappa shape index (κ3) is 5.28. The highest BCUT2D eigenvalue weighted by Gasteiger charge is 2.16. The van der Waals surface area contributed by atoms with E-state index in [4.69, 9.17) is 5.11 Å². The van der Waals surface area contributed by atoms with Crippen LogP contribution in [-0.4, -0.2) is 29.1 Å². The van der Waals surface area contributed by atoms with Crippen molar-refractivity contribution in [1.29, 1.82) is 0 Å². The third-order valence-electron chi connectivity index (χ3n) is 2.67. The minimum absolute atomic E-state index is 0.0663. The number of benzene rings is 1. The van der Waals surface area contributed by atoms with E-state index in [2.05, 4.69) is 15.9 Å². The van der Waals surface area contributed by atoms with E-state index in [9.17, 15) is 9.18 Å². The predicted molar refractivity (Wildman–Crippen MR) is 76.1 cm³/mol. The topological polar surface area (TPSA) is 40.5 Å². The summed E-state index contributed by atoms with van der Waals surface area (Å²) in [7, 11) is 0. The Balaban J connectivity index is 2.83. The molecule has 1 N–H and O–H groups in total. The maximum atomic E-state index is 13.7. The number of hydrogen-bond donors (Lipinski definition) is 1. The van der Waals surface area contributed by atoms with E-state index in [1.54, 1.807) is 12.1 Å². The van der Waals surface area contributed by atoms with E-state index in [1.165, 1.54) is 11.0 Å². The molecule has 0 radical (unpaired) electrons. The summed E-state index contributed by atoms with van der Waals surface area (Å²) in [6.07, 6.45) is 0.398. The Hall–Kier alpha value is -0.940. The fourth-order valence-corrected chi connectivity index (χ4v) is 2.17. The molecular weight excluding hydrogens is 313 g/mol. The van der Waals surface area contributed by atoms with Crippen LogP contribution in [0.3, 0.4) is 0 Å². The van der Waals surface area contributed by atoms with Gasteiger partial charge in [0, 0.05) is 29.5 Å². The molecule has 0 heterocycles. The first-order valence-corrected chi connectivity index (χ1v) is 7.06. The van der Waals surface area contributed by atoms with Gasteiger partial charge in [-0.1, -0.05) is 29.8 Å². The van der Waals surface area contributed by atoms with Gasteiger partial charge in [-0.25, -0.2) is 4.39 Å². The van der Waals surface area contributed by atoms with E-state index >= 15 is 0 Å². The zero-order chi connectivity index (χ0) is 14.4. The normalized spacial score (nSPS) is 10.8. The van der Waals surface area contributed by atoms with Crippen molar-refractivity contribution in [3.8, 4) is 0 Å². The minimum Gasteiger partial charge on any atom is -0.395 e. The lowest BCUT2D eigenvalue weighted by molar-refractivity contribution is -0.133. The number of carbonyl (C=O) groups is 1. The Morgan fingerprint density at radius 1 is 1.47 bits per heavy atom. The Labute approximate surface area is 121 Å². The fourth-order valence-electron chi connectivity index (χ4n) is 1.76. The summed E-state index contributed by atoms with van der Waals surface area (Å²) in [4.78, 5) is 13.5. The molecule has 0 saturated carbocycles. The Bertz CT molecular complexity index is 437. The summed E-state index contributed by atoms with van der Waals surface area (Å²) in [5, 5.41) is 9.02. The van der Waals surface area contributed by atoms with Crippen molar-refractivity contribution in [3.63, 3.8) is 0 Å². The van der Waals surface area contributed by atoms with Gasteiger partial charge in [0.15, 0.2) is 0 Å². The van der Waals surface area contributed by atoms with Gasteiger partial charge in [-0.05, 0) is 24.1 Å². The first kappa shape index (κ1) is 16.1. The van der Waals surface area contributed by atoms with Gasteiger partial charge in [-0.15, -0.1) is 0 Å². The van der Waals surface area contributed by atoms with Crippen LogP contribution in [0.1, 0.15) is 25.8 Å². The van der Waals surface area contributed by atoms with Gasteiger partial charge in [0.25, 0.3) is 0 Å². The van der Waals surface area contributed by atoms with E-state index in [0.29, 0.717) is 12.0 Å². The summed E-state index contributed by atoms with van der Waals surface area (Å²) < 4.78 is 14.4. The molecule has 0 aliphatic heterocycles. The summed E-state index contributed by atoms with van der Waals surface area (Å²) in [6.45, 7) is 4.18. The monoisotopic (exact) mass is 331 g/mol. The molecule has 1 rings (SSSR count). The molecule has 0 spiro atoms. The molecule has 0 fully saturated rings. The van der Waals surface area contributed by atoms with E-state index in [0.717, 1.165) is 4.47 Å². The number of aliphatic hydroxyl groups is 1. The van der Waals surface area contributed by atoms with Crippen LogP contribution in [0.25, 0.3) is 0 Å². The van der Waals surface area contributed by atoms with Crippen LogP contribution in [0.2, 0.25) is 0 Å². The average Bonchev–Trinajstić information content (AvgIpc) is 2.32. The summed E-state index contributed by atoms with van der Waals surface area (Å²) in [5.41, 5.74) is 0.444. The number of hydrogen-bond acceptors (Lipinski definition) is 2. The lowest BCUT2D eigenvalue weighted by Crippen LogP contribution is -2.34. The average molecular weight is 332 g/mol. The molecule has 0 atom stereocenters. The maximum absolute atomic E-state index is 13.7. The molecule has 0 aromatic heterocycles. The Kier molecular flexibility index (Phi) is 6.45. The number of halogens is 2. The smallest absolute Gasteiger partial charge is 0.223 e. The van der Waals surface area contributed by atoms with Crippen molar-refractivity contribution < 1.29 is 14.3 Å². The maximum Gasteiger partial charge on any atom is 0.223 e. The molecule has 0 aliphatic carbocycles. The number of nitrogens with zero attached hydrogens (tertiary/aromatic N) is 1. The largest absolute Gasteiger partial charge is 0.395 e. The molecule has 0 bridgehead atoms. The first-order chi connectivity index (χ1) is 8.93. The highest BCUT2D eigenvalue weighted by atomic mass is 79.9. The van der Waals surface area contributed by atoms with Crippen molar-refractivity contribution in [3.05, 3.63) is 34.1 Å². The molecule has 1 aromatic carbocycles. The summed E-state index contributed by atoms with van der Waals surface area (Å²) in [5.74, 6) is -0.173. The highest BCUT2D eigenvalue weighted by Crippen LogP contribution is 2.18. The Morgan fingerprint density at radius 3 is 2.74 bits per heavy atom. The van der Waals surface area contributed by atoms with E-state index < -0.39 is 0 Å². The van der Waals surface area contributed by atoms with Crippen molar-refractivity contribution >= 4 is 21.8 Å². The minimum atomic E-state index is -0.344. The van der Waals surface area contributed by atoms with Gasteiger partial charge in [-0.3, -0.25) is 4.79 Å². The zero-order valence-electron chi connectivity index (χ0n) is 11.2. The van der Waals surface area contributed by atoms with Crippen LogP contribution >= 0.6 is 15.9 Å². The second-order valence-electron chi connectivity index (χ2n) is 4.87. The molecule has 1 aromatic rings. The van der Waals surface area contributed by atoms with Crippen molar-refractivity contribution in [2.24, 2.45) is 5.92 Å². The van der Waals surface area contributed by atoms with Gasteiger partial charge in [-0.2, -0.15) is 0 Å². The molecule has 0 aliphatic rings. The van der Waals surface area contributed by atoms with Gasteiger partial charge >= 0.3 is 0 Å². The summed E-state index contributed by atoms with van der Waals surface area (Å²) >= 11 is 3.28. The van der Waals surface area contributed by atoms with Crippen LogP contribution in [-0.2, 0) is 11.3 Å². The number of amides is 1. The molecule has 19 heavy (non-hydrogen) atoms. The van der Waals surface area contributed by atoms with Crippen molar-refractivity contribution in [1.82, 2.24) is 4.90 Å². The second kappa shape index (κ2) is 7.60. The van der Waals surface area contributed by atoms with Gasteiger partial charge in [0.2, 0.25) is 5.91 Å². The number of aliphatic hydroxyl groups excluding tert-OH is 1. The van der Waals surface area contributed by atoms with Crippen LogP contribution < -0.4 is 0 Å². The van der Waals surface area contributed by atoms with Crippen LogP contribution in [0.4, 0.5) is 4.39 Å². The highest BCUT2D eigenvalue weighted by molar-refractivity contribution is 9.10. The lowest BCUT2D eigenvalue weighted by Gasteiger charge is -2.23. The Morgan fingerprint density at radius 2 is 2.16 bits per heavy atom. The van der Waals surface area contributed by atoms with Crippen LogP contribution in [0.15, 0.2) is 22.7 Å². The van der Waals surface area contributed by atoms with Gasteiger partial charge in [0.1, 0.15) is 5.82 Å². The first-order valence-electron chi connectivity index (χ1n) is 6.26. The van der Waals surface area contributed by atoms with Crippen molar-refractivity contribution in [2.45, 2.75) is 26.8 Å². The second-order valence-corrected chi connectivity index (χ2v) is 5.79. The molecular formula is C14H19BrFNO2. The fraction of sp³-hybridized carbons (Fsp3) is 0.500. The molecule has 0 saturated heterocycles. The van der Waals surface area contributed by atoms with Crippen LogP contribution in [0.5, 0.6) is 0 Å². The van der Waals surface area contributed by atoms with Gasteiger partial charge in [0.05, 0.1) is 6.61 Å². The molecule has 1 amide bonds. The quantitative estimate of drug-likeness (QED) is 0.870. The van der Waals surface area contributed by atoms with E-state index in [1.807, 2.05) is 13.8 Å². The molecule has 3 nitrogen and oxygen atoms in total. The van der Waals surface area contributed by atoms with E-state index in [-0.39, 0.29) is 37.3 Å². The molecule has 5 heteroatoms. The van der Waals surface area contributed by atoms with Gasteiger partial charge < -0.3 is 10.0 Å². The third-order valence-corrected chi connectivity index (χ3v) is 3.17. The molecule has 106 valence electrons. The number of carbonyl (C=O) groups excluding carboxylic acids is 1. The van der Waals surface area contributed by atoms with Crippen LogP contribution in [0, 0.1) is 11.7 Å². The molecule has 0 unspecified atom stereocenters. The SMILES string of the molecule is CC(C)CC(=O)N(CCO)Cc1cc(Br)ccc1F. The lowest BCUT2D eigenvalue weighted by atomic mass is 10.1. The standard InChI is InChI=1S/C14H19BrFNO2/c1-10(2)7-14(19)17(5-6-18)9-11-8-12(15)3-4-13(11)16/h3-4,8,10,18H,5-7,9H2,1-2H3. The zero-order valence-corrected chi connectivity index (χ0v) is 12.8. The summed E-state index contributed by atoms with van der Waals surface area (Å²) in [6, 6.07) is 4.64. The number of rotatable bonds is 6. The van der Waals surface area contributed by atoms with Crippen molar-refractivity contribution in [2.75, 3.05) is 13.2 Å². The predicted octanol–water partition coefficient (Wildman–Crippen LogP) is 2.96.